The largest absolute Gasteiger partial charge is 0.486 e. The van der Waals surface area contributed by atoms with Crippen LogP contribution in [0.2, 0.25) is 0 Å². The van der Waals surface area contributed by atoms with Crippen LogP contribution in [0.15, 0.2) is 29.4 Å². The minimum absolute atomic E-state index is 0.128. The molecule has 1 amide bonds. The van der Waals surface area contributed by atoms with Gasteiger partial charge in [-0.2, -0.15) is 0 Å². The molecule has 0 radical (unpaired) electrons. The molecule has 0 aliphatic heterocycles. The first-order chi connectivity index (χ1) is 16.3. The molecule has 0 aliphatic rings. The first kappa shape index (κ1) is 25.7. The van der Waals surface area contributed by atoms with E-state index in [1.54, 1.807) is 13.8 Å². The summed E-state index contributed by atoms with van der Waals surface area (Å²) in [7, 11) is 0. The van der Waals surface area contributed by atoms with Crippen LogP contribution in [0.5, 0.6) is 5.75 Å². The van der Waals surface area contributed by atoms with Crippen molar-refractivity contribution in [1.82, 2.24) is 19.7 Å². The number of ether oxygens (including phenoxy) is 2. The molecule has 3 aromatic rings. The van der Waals surface area contributed by atoms with E-state index in [1.165, 1.54) is 17.3 Å². The van der Waals surface area contributed by atoms with E-state index in [0.717, 1.165) is 17.1 Å². The van der Waals surface area contributed by atoms with Crippen molar-refractivity contribution in [3.63, 3.8) is 0 Å². The standard InChI is InChI=1S/C23H29N5O4S2/c1-6-28-18(12-32-17-10-8-16(9-11-17)14(3)4)26-27-23(28)33-13-19(29)25-22-24-15(5)20(34-22)21(30)31-7-2/h8-11,14H,6-7,12-13H2,1-5H3,(H,24,25,29). The Kier molecular flexibility index (Phi) is 9.05. The van der Waals surface area contributed by atoms with Crippen molar-refractivity contribution < 1.29 is 19.1 Å². The number of hydrogen-bond donors (Lipinski definition) is 1. The molecule has 2 aromatic heterocycles. The number of hydrogen-bond acceptors (Lipinski definition) is 9. The van der Waals surface area contributed by atoms with Crippen molar-refractivity contribution in [2.24, 2.45) is 0 Å². The molecule has 0 saturated carbocycles. The number of aromatic nitrogens is 4. The molecule has 0 spiro atoms. The lowest BCUT2D eigenvalue weighted by atomic mass is 10.0. The van der Waals surface area contributed by atoms with Gasteiger partial charge in [0.05, 0.1) is 18.1 Å². The Labute approximate surface area is 207 Å². The molecule has 182 valence electrons. The van der Waals surface area contributed by atoms with Crippen LogP contribution in [-0.4, -0.2) is 44.0 Å². The summed E-state index contributed by atoms with van der Waals surface area (Å²) in [6.45, 7) is 11.0. The average Bonchev–Trinajstić information content (AvgIpc) is 3.38. The van der Waals surface area contributed by atoms with Gasteiger partial charge < -0.3 is 19.4 Å². The second-order valence-corrected chi connectivity index (χ2v) is 9.59. The predicted molar refractivity (Wildman–Crippen MR) is 133 cm³/mol. The number of amides is 1. The third kappa shape index (κ3) is 6.57. The second-order valence-electron chi connectivity index (χ2n) is 7.65. The highest BCUT2D eigenvalue weighted by Crippen LogP contribution is 2.25. The number of anilines is 1. The maximum atomic E-state index is 12.4. The van der Waals surface area contributed by atoms with Crippen molar-refractivity contribution >= 4 is 40.1 Å². The first-order valence-corrected chi connectivity index (χ1v) is 12.8. The number of benzene rings is 1. The highest BCUT2D eigenvalue weighted by Gasteiger charge is 2.18. The van der Waals surface area contributed by atoms with Crippen LogP contribution >= 0.6 is 23.1 Å². The minimum Gasteiger partial charge on any atom is -0.486 e. The molecule has 0 aliphatic carbocycles. The van der Waals surface area contributed by atoms with Gasteiger partial charge in [-0.25, -0.2) is 9.78 Å². The number of nitrogens with one attached hydrogen (secondary N) is 1. The van der Waals surface area contributed by atoms with Gasteiger partial charge in [-0.05, 0) is 44.4 Å². The van der Waals surface area contributed by atoms with Gasteiger partial charge in [0, 0.05) is 6.54 Å². The third-order valence-corrected chi connectivity index (χ3v) is 6.88. The monoisotopic (exact) mass is 503 g/mol. The number of carbonyl (C=O) groups excluding carboxylic acids is 2. The fraction of sp³-hybridized carbons (Fsp3) is 0.435. The van der Waals surface area contributed by atoms with E-state index >= 15 is 0 Å². The van der Waals surface area contributed by atoms with E-state index in [4.69, 9.17) is 9.47 Å². The van der Waals surface area contributed by atoms with Crippen molar-refractivity contribution in [1.29, 1.82) is 0 Å². The molecule has 3 rings (SSSR count). The number of nitrogens with zero attached hydrogens (tertiary/aromatic N) is 4. The summed E-state index contributed by atoms with van der Waals surface area (Å²) in [4.78, 5) is 29.0. The predicted octanol–water partition coefficient (Wildman–Crippen LogP) is 4.67. The van der Waals surface area contributed by atoms with Gasteiger partial charge in [-0.15, -0.1) is 10.2 Å². The lowest BCUT2D eigenvalue weighted by Crippen LogP contribution is -2.14. The molecule has 11 heteroatoms. The van der Waals surface area contributed by atoms with E-state index in [-0.39, 0.29) is 24.9 Å². The zero-order chi connectivity index (χ0) is 24.7. The third-order valence-electron chi connectivity index (χ3n) is 4.86. The van der Waals surface area contributed by atoms with Crippen LogP contribution in [0.4, 0.5) is 5.13 Å². The first-order valence-electron chi connectivity index (χ1n) is 11.0. The van der Waals surface area contributed by atoms with Crippen LogP contribution in [0, 0.1) is 6.92 Å². The van der Waals surface area contributed by atoms with E-state index < -0.39 is 5.97 Å². The lowest BCUT2D eigenvalue weighted by Gasteiger charge is -2.10. The number of carbonyl (C=O) groups is 2. The normalized spacial score (nSPS) is 11.0. The molecular weight excluding hydrogens is 474 g/mol. The highest BCUT2D eigenvalue weighted by molar-refractivity contribution is 7.99. The van der Waals surface area contributed by atoms with Crippen molar-refractivity contribution in [3.05, 3.63) is 46.2 Å². The summed E-state index contributed by atoms with van der Waals surface area (Å²) in [5.74, 6) is 1.37. The van der Waals surface area contributed by atoms with Crippen molar-refractivity contribution in [2.45, 2.75) is 58.8 Å². The van der Waals surface area contributed by atoms with Crippen molar-refractivity contribution in [3.8, 4) is 5.75 Å². The molecule has 0 bridgehead atoms. The fourth-order valence-electron chi connectivity index (χ4n) is 3.07. The number of thiazole rings is 1. The van der Waals surface area contributed by atoms with Gasteiger partial charge >= 0.3 is 5.97 Å². The highest BCUT2D eigenvalue weighted by atomic mass is 32.2. The molecule has 0 fully saturated rings. The molecule has 34 heavy (non-hydrogen) atoms. The summed E-state index contributed by atoms with van der Waals surface area (Å²) in [6, 6.07) is 8.03. The molecule has 0 atom stereocenters. The van der Waals surface area contributed by atoms with Crippen LogP contribution in [0.3, 0.4) is 0 Å². The number of rotatable bonds is 11. The molecule has 0 saturated heterocycles. The Hall–Kier alpha value is -2.92. The summed E-state index contributed by atoms with van der Waals surface area (Å²) in [5.41, 5.74) is 1.78. The Bertz CT molecular complexity index is 1130. The van der Waals surface area contributed by atoms with Gasteiger partial charge in [0.15, 0.2) is 16.1 Å². The summed E-state index contributed by atoms with van der Waals surface area (Å²) in [6.07, 6.45) is 0. The Balaban J connectivity index is 1.55. The molecule has 1 N–H and O–H groups in total. The summed E-state index contributed by atoms with van der Waals surface area (Å²) in [5, 5.41) is 12.2. The van der Waals surface area contributed by atoms with E-state index in [9.17, 15) is 9.59 Å². The van der Waals surface area contributed by atoms with Gasteiger partial charge in [-0.1, -0.05) is 49.1 Å². The maximum Gasteiger partial charge on any atom is 0.350 e. The minimum atomic E-state index is -0.436. The average molecular weight is 504 g/mol. The molecule has 2 heterocycles. The van der Waals surface area contributed by atoms with Gasteiger partial charge in [0.25, 0.3) is 0 Å². The van der Waals surface area contributed by atoms with E-state index in [2.05, 4.69) is 46.5 Å². The van der Waals surface area contributed by atoms with Gasteiger partial charge in [0.1, 0.15) is 17.2 Å². The van der Waals surface area contributed by atoms with Crippen LogP contribution in [0.25, 0.3) is 0 Å². The second kappa shape index (κ2) is 12.0. The maximum absolute atomic E-state index is 12.4. The number of esters is 1. The van der Waals surface area contributed by atoms with Crippen molar-refractivity contribution in [2.75, 3.05) is 17.7 Å². The Morgan fingerprint density at radius 1 is 1.18 bits per heavy atom. The summed E-state index contributed by atoms with van der Waals surface area (Å²) >= 11 is 2.38. The Morgan fingerprint density at radius 2 is 1.91 bits per heavy atom. The SMILES string of the molecule is CCOC(=O)c1sc(NC(=O)CSc2nnc(COc3ccc(C(C)C)cc3)n2CC)nc1C. The molecule has 0 unspecified atom stereocenters. The van der Waals surface area contributed by atoms with Crippen LogP contribution in [-0.2, 0) is 22.7 Å². The molecule has 1 aromatic carbocycles. The van der Waals surface area contributed by atoms with Gasteiger partial charge in [0.2, 0.25) is 5.91 Å². The molecule has 9 nitrogen and oxygen atoms in total. The molecular formula is C23H29N5O4S2. The van der Waals surface area contributed by atoms with Crippen LogP contribution < -0.4 is 10.1 Å². The Morgan fingerprint density at radius 3 is 2.56 bits per heavy atom. The zero-order valence-electron chi connectivity index (χ0n) is 20.0. The number of aryl methyl sites for hydroxylation is 1. The topological polar surface area (TPSA) is 108 Å². The smallest absolute Gasteiger partial charge is 0.350 e. The summed E-state index contributed by atoms with van der Waals surface area (Å²) < 4.78 is 12.8. The number of thioether (sulfide) groups is 1. The van der Waals surface area contributed by atoms with Crippen LogP contribution in [0.1, 0.15) is 60.4 Å². The fourth-order valence-corrected chi connectivity index (χ4v) is 4.77. The lowest BCUT2D eigenvalue weighted by molar-refractivity contribution is -0.113. The van der Waals surface area contributed by atoms with E-state index in [0.29, 0.717) is 39.1 Å². The quantitative estimate of drug-likeness (QED) is 0.297. The zero-order valence-corrected chi connectivity index (χ0v) is 21.6. The van der Waals surface area contributed by atoms with E-state index in [1.807, 2.05) is 23.6 Å². The van der Waals surface area contributed by atoms with Gasteiger partial charge in [-0.3, -0.25) is 4.79 Å².